The van der Waals surface area contributed by atoms with Crippen molar-refractivity contribution in [2.75, 3.05) is 0 Å². The molecule has 0 aromatic carbocycles. The lowest BCUT2D eigenvalue weighted by Crippen LogP contribution is -1.92. The maximum Gasteiger partial charge on any atom is 0.303 e. The molecule has 0 aromatic heterocycles. The van der Waals surface area contributed by atoms with Gasteiger partial charge in [0.05, 0.1) is 0 Å². The highest BCUT2D eigenvalue weighted by molar-refractivity contribution is 5.66. The van der Waals surface area contributed by atoms with Gasteiger partial charge in [-0.15, -0.1) is 0 Å². The van der Waals surface area contributed by atoms with Crippen molar-refractivity contribution in [2.24, 2.45) is 0 Å². The van der Waals surface area contributed by atoms with Crippen LogP contribution < -0.4 is 0 Å². The van der Waals surface area contributed by atoms with E-state index in [1.54, 1.807) is 0 Å². The van der Waals surface area contributed by atoms with Crippen molar-refractivity contribution in [1.82, 2.24) is 0 Å². The van der Waals surface area contributed by atoms with Crippen LogP contribution in [0.15, 0.2) is 36.5 Å². The molecule has 0 saturated heterocycles. The van der Waals surface area contributed by atoms with Gasteiger partial charge in [0.2, 0.25) is 0 Å². The molecule has 2 heteroatoms. The van der Waals surface area contributed by atoms with Gasteiger partial charge in [0.1, 0.15) is 0 Å². The van der Waals surface area contributed by atoms with Crippen LogP contribution >= 0.6 is 0 Å². The van der Waals surface area contributed by atoms with E-state index in [-0.39, 0.29) is 0 Å². The summed E-state index contributed by atoms with van der Waals surface area (Å²) in [6, 6.07) is 0. The number of unbranched alkanes of at least 4 members (excludes halogenated alkanes) is 7. The molecular weight excluding hydrogens is 272 g/mol. The highest BCUT2D eigenvalue weighted by Gasteiger charge is 1.94. The first kappa shape index (κ1) is 20.7. The zero-order valence-electron chi connectivity index (χ0n) is 14.3. The van der Waals surface area contributed by atoms with E-state index in [1.165, 1.54) is 38.5 Å². The first-order chi connectivity index (χ1) is 10.8. The van der Waals surface area contributed by atoms with Crippen LogP contribution in [-0.2, 0) is 4.79 Å². The number of aliphatic carboxylic acids is 1. The van der Waals surface area contributed by atoms with Gasteiger partial charge < -0.3 is 5.11 Å². The molecule has 126 valence electrons. The van der Waals surface area contributed by atoms with E-state index in [1.807, 2.05) is 0 Å². The van der Waals surface area contributed by atoms with Crippen LogP contribution in [0.25, 0.3) is 0 Å². The molecule has 0 spiro atoms. The Morgan fingerprint density at radius 3 is 1.55 bits per heavy atom. The van der Waals surface area contributed by atoms with Crippen molar-refractivity contribution in [2.45, 2.75) is 84.0 Å². The highest BCUT2D eigenvalue weighted by Crippen LogP contribution is 2.05. The summed E-state index contributed by atoms with van der Waals surface area (Å²) in [5.41, 5.74) is 0. The summed E-state index contributed by atoms with van der Waals surface area (Å²) in [5, 5.41) is 8.51. The maximum absolute atomic E-state index is 10.3. The van der Waals surface area contributed by atoms with Crippen LogP contribution in [0, 0.1) is 0 Å². The Morgan fingerprint density at radius 1 is 0.682 bits per heavy atom. The molecule has 0 bridgehead atoms. The topological polar surface area (TPSA) is 37.3 Å². The van der Waals surface area contributed by atoms with E-state index in [2.05, 4.69) is 43.4 Å². The van der Waals surface area contributed by atoms with Crippen molar-refractivity contribution in [3.8, 4) is 0 Å². The number of hydrogen-bond acceptors (Lipinski definition) is 1. The van der Waals surface area contributed by atoms with Crippen molar-refractivity contribution < 1.29 is 9.90 Å². The second-order valence-corrected chi connectivity index (χ2v) is 5.68. The van der Waals surface area contributed by atoms with Gasteiger partial charge in [0.25, 0.3) is 0 Å². The molecule has 0 rings (SSSR count). The van der Waals surface area contributed by atoms with Crippen LogP contribution in [0.3, 0.4) is 0 Å². The fourth-order valence-corrected chi connectivity index (χ4v) is 2.17. The maximum atomic E-state index is 10.3. The highest BCUT2D eigenvalue weighted by atomic mass is 16.4. The molecule has 0 radical (unpaired) electrons. The van der Waals surface area contributed by atoms with Gasteiger partial charge >= 0.3 is 5.97 Å². The molecule has 0 amide bonds. The van der Waals surface area contributed by atoms with Crippen LogP contribution in [0.2, 0.25) is 0 Å². The smallest absolute Gasteiger partial charge is 0.303 e. The predicted molar refractivity (Wildman–Crippen MR) is 96.1 cm³/mol. The molecule has 0 fully saturated rings. The fourth-order valence-electron chi connectivity index (χ4n) is 2.17. The second-order valence-electron chi connectivity index (χ2n) is 5.68. The van der Waals surface area contributed by atoms with Gasteiger partial charge in [-0.3, -0.25) is 4.79 Å². The summed E-state index contributed by atoms with van der Waals surface area (Å²) in [4.78, 5) is 10.3. The molecule has 0 aliphatic rings. The third kappa shape index (κ3) is 18.7. The zero-order chi connectivity index (χ0) is 16.3. The van der Waals surface area contributed by atoms with Gasteiger partial charge in [-0.25, -0.2) is 0 Å². The molecule has 0 atom stereocenters. The minimum Gasteiger partial charge on any atom is -0.481 e. The van der Waals surface area contributed by atoms with E-state index in [0.717, 1.165) is 32.1 Å². The van der Waals surface area contributed by atoms with Gasteiger partial charge in [-0.05, 0) is 70.6 Å². The van der Waals surface area contributed by atoms with Crippen molar-refractivity contribution >= 4 is 5.97 Å². The molecule has 0 unspecified atom stereocenters. The normalized spacial score (nSPS) is 12.0. The quantitative estimate of drug-likeness (QED) is 0.279. The van der Waals surface area contributed by atoms with Crippen LogP contribution in [0.5, 0.6) is 0 Å². The third-order valence-electron chi connectivity index (χ3n) is 3.48. The van der Waals surface area contributed by atoms with Gasteiger partial charge in [-0.2, -0.15) is 0 Å². The summed E-state index contributed by atoms with van der Waals surface area (Å²) in [6.45, 7) is 2.17. The predicted octanol–water partition coefficient (Wildman–Crippen LogP) is 6.44. The Hall–Kier alpha value is -1.31. The molecule has 0 aliphatic heterocycles. The number of rotatable bonds is 15. The number of carboxylic acids is 1. The average molecular weight is 306 g/mol. The van der Waals surface area contributed by atoms with Crippen LogP contribution in [0.1, 0.15) is 84.0 Å². The number of hydrogen-bond donors (Lipinski definition) is 1. The summed E-state index contributed by atoms with van der Waals surface area (Å²) >= 11 is 0. The van der Waals surface area contributed by atoms with E-state index in [4.69, 9.17) is 5.11 Å². The monoisotopic (exact) mass is 306 g/mol. The Labute approximate surface area is 137 Å². The number of carbonyl (C=O) groups is 1. The lowest BCUT2D eigenvalue weighted by atomic mass is 10.1. The Bertz CT molecular complexity index is 327. The Balaban J connectivity index is 3.22. The first-order valence-electron chi connectivity index (χ1n) is 8.94. The minimum absolute atomic E-state index is 0.299. The fraction of sp³-hybridized carbons (Fsp3) is 0.650. The largest absolute Gasteiger partial charge is 0.481 e. The third-order valence-corrected chi connectivity index (χ3v) is 3.48. The molecule has 0 aromatic rings. The van der Waals surface area contributed by atoms with E-state index < -0.39 is 5.97 Å². The van der Waals surface area contributed by atoms with E-state index >= 15 is 0 Å². The van der Waals surface area contributed by atoms with Crippen LogP contribution in [0.4, 0.5) is 0 Å². The minimum atomic E-state index is -0.687. The summed E-state index contributed by atoms with van der Waals surface area (Å²) in [6.07, 6.45) is 26.3. The zero-order valence-corrected chi connectivity index (χ0v) is 14.3. The molecule has 0 saturated carbocycles. The van der Waals surface area contributed by atoms with Crippen molar-refractivity contribution in [3.05, 3.63) is 36.5 Å². The molecule has 22 heavy (non-hydrogen) atoms. The molecule has 1 N–H and O–H groups in total. The van der Waals surface area contributed by atoms with Crippen molar-refractivity contribution in [3.63, 3.8) is 0 Å². The average Bonchev–Trinajstić information content (AvgIpc) is 2.50. The molecule has 2 nitrogen and oxygen atoms in total. The summed E-state index contributed by atoms with van der Waals surface area (Å²) in [7, 11) is 0. The number of allylic oxidation sites excluding steroid dienone is 6. The molecule has 0 aliphatic carbocycles. The lowest BCUT2D eigenvalue weighted by molar-refractivity contribution is -0.137. The summed E-state index contributed by atoms with van der Waals surface area (Å²) in [5.74, 6) is -0.687. The second kappa shape index (κ2) is 17.7. The van der Waals surface area contributed by atoms with Crippen molar-refractivity contribution in [1.29, 1.82) is 0 Å². The lowest BCUT2D eigenvalue weighted by Gasteiger charge is -1.95. The van der Waals surface area contributed by atoms with E-state index in [9.17, 15) is 4.79 Å². The SMILES string of the molecule is CCC=CCCCCC=CCCCC=CCCCCC(=O)O. The standard InChI is InChI=1S/C20H34O2/c1-2-3-4-5-6-7-8-9-10-11-12-13-14-15-16-17-18-19-20(21)22/h3-4,9-10,14-15H,2,5-8,11-13,16-19H2,1H3,(H,21,22). The number of carboxylic acid groups (broad SMARTS) is 1. The van der Waals surface area contributed by atoms with E-state index in [0.29, 0.717) is 6.42 Å². The Kier molecular flexibility index (Phi) is 16.7. The summed E-state index contributed by atoms with van der Waals surface area (Å²) < 4.78 is 0. The molecule has 0 heterocycles. The molecular formula is C20H34O2. The first-order valence-corrected chi connectivity index (χ1v) is 8.94. The Morgan fingerprint density at radius 2 is 1.09 bits per heavy atom. The van der Waals surface area contributed by atoms with Gasteiger partial charge in [0, 0.05) is 6.42 Å². The van der Waals surface area contributed by atoms with Gasteiger partial charge in [-0.1, -0.05) is 43.4 Å². The van der Waals surface area contributed by atoms with Gasteiger partial charge in [0.15, 0.2) is 0 Å². The van der Waals surface area contributed by atoms with Crippen LogP contribution in [-0.4, -0.2) is 11.1 Å².